The number of H-pyrrole nitrogens is 1. The summed E-state index contributed by atoms with van der Waals surface area (Å²) in [7, 11) is 1.59. The van der Waals surface area contributed by atoms with Crippen LogP contribution in [0.2, 0.25) is 0 Å². The van der Waals surface area contributed by atoms with E-state index in [1.165, 1.54) is 11.8 Å². The van der Waals surface area contributed by atoms with Crippen molar-refractivity contribution in [3.63, 3.8) is 0 Å². The number of ether oxygens (including phenoxy) is 2. The van der Waals surface area contributed by atoms with Gasteiger partial charge in [-0.2, -0.15) is 15.2 Å². The molecule has 0 saturated carbocycles. The molecule has 0 fully saturated rings. The summed E-state index contributed by atoms with van der Waals surface area (Å²) in [5.74, 6) is 1.53. The quantitative estimate of drug-likeness (QED) is 0.469. The number of anilines is 1. The van der Waals surface area contributed by atoms with Crippen LogP contribution in [-0.2, 0) is 6.42 Å². The molecule has 0 bridgehead atoms. The molecule has 3 rings (SSSR count). The molecule has 0 aliphatic carbocycles. The summed E-state index contributed by atoms with van der Waals surface area (Å²) < 4.78 is 11.2. The molecule has 0 aliphatic heterocycles. The van der Waals surface area contributed by atoms with E-state index in [9.17, 15) is 4.79 Å². The van der Waals surface area contributed by atoms with E-state index < -0.39 is 5.69 Å². The molecule has 1 aromatic heterocycles. The number of aromatic amines is 1. The van der Waals surface area contributed by atoms with Crippen LogP contribution in [0.25, 0.3) is 0 Å². The van der Waals surface area contributed by atoms with E-state index in [0.29, 0.717) is 18.1 Å². The highest BCUT2D eigenvalue weighted by atomic mass is 16.5. The van der Waals surface area contributed by atoms with Crippen molar-refractivity contribution in [3.8, 4) is 11.5 Å². The molecule has 8 heteroatoms. The Hall–Kier alpha value is -3.68. The lowest BCUT2D eigenvalue weighted by molar-refractivity contribution is 0.297. The molecular weight excluding hydrogens is 346 g/mol. The van der Waals surface area contributed by atoms with Crippen LogP contribution < -0.4 is 20.6 Å². The third-order valence-electron chi connectivity index (χ3n) is 3.64. The molecule has 3 aromatic rings. The van der Waals surface area contributed by atoms with Gasteiger partial charge in [-0.15, -0.1) is 0 Å². The van der Waals surface area contributed by atoms with Gasteiger partial charge in [0.15, 0.2) is 17.3 Å². The van der Waals surface area contributed by atoms with E-state index in [0.717, 1.165) is 12.0 Å². The Kier molecular flexibility index (Phi) is 6.13. The Balaban J connectivity index is 1.59. The van der Waals surface area contributed by atoms with E-state index in [-0.39, 0.29) is 5.82 Å². The highest BCUT2D eigenvalue weighted by molar-refractivity contribution is 5.81. The molecule has 27 heavy (non-hydrogen) atoms. The minimum absolute atomic E-state index is 0.253. The maximum Gasteiger partial charge on any atom is 0.363 e. The zero-order chi connectivity index (χ0) is 18.9. The van der Waals surface area contributed by atoms with Crippen molar-refractivity contribution < 1.29 is 9.47 Å². The molecule has 0 saturated heterocycles. The zero-order valence-electron chi connectivity index (χ0n) is 14.8. The normalized spacial score (nSPS) is 10.7. The van der Waals surface area contributed by atoms with Crippen LogP contribution in [-0.4, -0.2) is 35.1 Å². The lowest BCUT2D eigenvalue weighted by Gasteiger charge is -2.11. The van der Waals surface area contributed by atoms with Crippen LogP contribution in [0.1, 0.15) is 11.1 Å². The molecular formula is C19H19N5O3. The first kappa shape index (κ1) is 18.1. The summed E-state index contributed by atoms with van der Waals surface area (Å²) in [5.41, 5.74) is 4.11. The van der Waals surface area contributed by atoms with Gasteiger partial charge in [0.1, 0.15) is 0 Å². The first-order valence-corrected chi connectivity index (χ1v) is 8.30. The highest BCUT2D eigenvalue weighted by Gasteiger charge is 2.05. The number of benzene rings is 2. The molecule has 8 nitrogen and oxygen atoms in total. The fourth-order valence-corrected chi connectivity index (χ4v) is 2.35. The first-order chi connectivity index (χ1) is 13.2. The van der Waals surface area contributed by atoms with Gasteiger partial charge in [-0.3, -0.25) is 5.43 Å². The lowest BCUT2D eigenvalue weighted by Crippen LogP contribution is -2.13. The first-order valence-electron chi connectivity index (χ1n) is 8.30. The predicted molar refractivity (Wildman–Crippen MR) is 103 cm³/mol. The fraction of sp³-hybridized carbons (Fsp3) is 0.158. The molecule has 0 amide bonds. The number of hydrazone groups is 1. The molecule has 0 unspecified atom stereocenters. The average molecular weight is 365 g/mol. The van der Waals surface area contributed by atoms with Gasteiger partial charge < -0.3 is 9.47 Å². The van der Waals surface area contributed by atoms with Gasteiger partial charge in [0.05, 0.1) is 26.1 Å². The van der Waals surface area contributed by atoms with E-state index >= 15 is 0 Å². The number of aromatic nitrogens is 3. The van der Waals surface area contributed by atoms with Gasteiger partial charge >= 0.3 is 5.69 Å². The largest absolute Gasteiger partial charge is 0.493 e. The number of methoxy groups -OCH3 is 1. The second-order valence-corrected chi connectivity index (χ2v) is 5.54. The maximum absolute atomic E-state index is 11.1. The van der Waals surface area contributed by atoms with Gasteiger partial charge in [0.2, 0.25) is 0 Å². The summed E-state index contributed by atoms with van der Waals surface area (Å²) >= 11 is 0. The summed E-state index contributed by atoms with van der Waals surface area (Å²) in [6.07, 6.45) is 3.76. The summed E-state index contributed by atoms with van der Waals surface area (Å²) in [6.45, 7) is 0.552. The van der Waals surface area contributed by atoms with Crippen LogP contribution in [0.4, 0.5) is 5.82 Å². The van der Waals surface area contributed by atoms with Crippen LogP contribution in [0.5, 0.6) is 11.5 Å². The van der Waals surface area contributed by atoms with Crippen molar-refractivity contribution in [2.24, 2.45) is 5.10 Å². The van der Waals surface area contributed by atoms with E-state index in [1.807, 2.05) is 36.4 Å². The number of hydrogen-bond acceptors (Lipinski definition) is 7. The van der Waals surface area contributed by atoms with Gasteiger partial charge in [-0.1, -0.05) is 30.3 Å². The van der Waals surface area contributed by atoms with Crippen molar-refractivity contribution in [1.29, 1.82) is 0 Å². The smallest absolute Gasteiger partial charge is 0.363 e. The molecule has 0 aliphatic rings. The molecule has 2 N–H and O–H groups in total. The zero-order valence-corrected chi connectivity index (χ0v) is 14.8. The third-order valence-corrected chi connectivity index (χ3v) is 3.64. The summed E-state index contributed by atoms with van der Waals surface area (Å²) in [5, 5.41) is 9.85. The lowest BCUT2D eigenvalue weighted by atomic mass is 10.2. The van der Waals surface area contributed by atoms with E-state index in [2.05, 4.69) is 37.8 Å². The monoisotopic (exact) mass is 365 g/mol. The minimum Gasteiger partial charge on any atom is -0.493 e. The standard InChI is InChI=1S/C19H19N5O3/c1-26-17-11-15(12-20-23-18-13-21-24-19(25)22-18)7-8-16(17)27-10-9-14-5-3-2-4-6-14/h2-8,11-13H,9-10H2,1H3,(H2,22,23,24,25). The Labute approximate surface area is 155 Å². The molecule has 1 heterocycles. The maximum atomic E-state index is 11.1. The van der Waals surface area contributed by atoms with Gasteiger partial charge in [0.25, 0.3) is 0 Å². The second-order valence-electron chi connectivity index (χ2n) is 5.54. The second kappa shape index (κ2) is 9.14. The molecule has 0 spiro atoms. The molecule has 0 atom stereocenters. The fourth-order valence-electron chi connectivity index (χ4n) is 2.35. The van der Waals surface area contributed by atoms with Crippen molar-refractivity contribution in [3.05, 3.63) is 76.3 Å². The van der Waals surface area contributed by atoms with Gasteiger partial charge in [-0.05, 0) is 29.3 Å². The van der Waals surface area contributed by atoms with Gasteiger partial charge in [-0.25, -0.2) is 9.89 Å². The van der Waals surface area contributed by atoms with Crippen molar-refractivity contribution in [1.82, 2.24) is 15.2 Å². The molecule has 0 radical (unpaired) electrons. The number of hydrogen-bond donors (Lipinski definition) is 2. The summed E-state index contributed by atoms with van der Waals surface area (Å²) in [6, 6.07) is 15.6. The molecule has 138 valence electrons. The summed E-state index contributed by atoms with van der Waals surface area (Å²) in [4.78, 5) is 14.7. The Morgan fingerprint density at radius 2 is 2.04 bits per heavy atom. The third kappa shape index (κ3) is 5.40. The van der Waals surface area contributed by atoms with E-state index in [4.69, 9.17) is 9.47 Å². The Morgan fingerprint density at radius 1 is 1.19 bits per heavy atom. The van der Waals surface area contributed by atoms with Gasteiger partial charge in [0, 0.05) is 6.42 Å². The minimum atomic E-state index is -0.547. The van der Waals surface area contributed by atoms with Crippen LogP contribution >= 0.6 is 0 Å². The van der Waals surface area contributed by atoms with Crippen molar-refractivity contribution >= 4 is 12.0 Å². The van der Waals surface area contributed by atoms with Crippen molar-refractivity contribution in [2.75, 3.05) is 19.1 Å². The Bertz CT molecular complexity index is 957. The molecule has 2 aromatic carbocycles. The topological polar surface area (TPSA) is 101 Å². The number of nitrogens with zero attached hydrogens (tertiary/aromatic N) is 3. The predicted octanol–water partition coefficient (Wildman–Crippen LogP) is 2.24. The van der Waals surface area contributed by atoms with Crippen LogP contribution in [0.3, 0.4) is 0 Å². The number of rotatable bonds is 8. The van der Waals surface area contributed by atoms with Crippen LogP contribution in [0, 0.1) is 0 Å². The SMILES string of the molecule is COc1cc(C=NNc2cn[nH]c(=O)n2)ccc1OCCc1ccccc1. The van der Waals surface area contributed by atoms with Crippen LogP contribution in [0.15, 0.2) is 64.6 Å². The number of nitrogens with one attached hydrogen (secondary N) is 2. The van der Waals surface area contributed by atoms with E-state index in [1.54, 1.807) is 13.3 Å². The Morgan fingerprint density at radius 3 is 2.81 bits per heavy atom. The average Bonchev–Trinajstić information content (AvgIpc) is 2.70. The highest BCUT2D eigenvalue weighted by Crippen LogP contribution is 2.27. The van der Waals surface area contributed by atoms with Crippen molar-refractivity contribution in [2.45, 2.75) is 6.42 Å².